The Bertz CT molecular complexity index is 512. The molecule has 0 unspecified atom stereocenters. The predicted octanol–water partition coefficient (Wildman–Crippen LogP) is 3.62. The van der Waals surface area contributed by atoms with Crippen molar-refractivity contribution in [2.45, 2.75) is 24.0 Å². The van der Waals surface area contributed by atoms with Gasteiger partial charge in [0, 0.05) is 11.8 Å². The molecule has 3 nitrogen and oxygen atoms in total. The topological polar surface area (TPSA) is 30.7 Å². The van der Waals surface area contributed by atoms with Gasteiger partial charge in [-0.25, -0.2) is 0 Å². The van der Waals surface area contributed by atoms with E-state index in [9.17, 15) is 0 Å². The van der Waals surface area contributed by atoms with Crippen LogP contribution < -0.4 is 0 Å². The first-order valence-electron chi connectivity index (χ1n) is 5.62. The molecule has 0 bridgehead atoms. The fourth-order valence-electron chi connectivity index (χ4n) is 1.74. The number of thiophene rings is 1. The van der Waals surface area contributed by atoms with Gasteiger partial charge in [-0.2, -0.15) is 0 Å². The number of nitrogens with zero attached hydrogens (tertiary/aromatic N) is 3. The van der Waals surface area contributed by atoms with Gasteiger partial charge < -0.3 is 0 Å². The van der Waals surface area contributed by atoms with Crippen LogP contribution in [0.5, 0.6) is 0 Å². The van der Waals surface area contributed by atoms with Gasteiger partial charge in [-0.1, -0.05) is 23.9 Å². The van der Waals surface area contributed by atoms with Crippen LogP contribution >= 0.6 is 23.1 Å². The Morgan fingerprint density at radius 2 is 2.41 bits per heavy atom. The maximum atomic E-state index is 4.34. The van der Waals surface area contributed by atoms with Crippen LogP contribution in [0, 0.1) is 0 Å². The van der Waals surface area contributed by atoms with Gasteiger partial charge in [0.2, 0.25) is 0 Å². The summed E-state index contributed by atoms with van der Waals surface area (Å²) in [6.45, 7) is 3.75. The summed E-state index contributed by atoms with van der Waals surface area (Å²) in [5.74, 6) is 1.91. The van der Waals surface area contributed by atoms with Gasteiger partial charge in [-0.05, 0) is 24.3 Å². The standard InChI is InChI=1S/C12H13N3S2/c1-2-7-17-12-14-13-11(10-4-3-8-16-10)15(12)9-5-6-9/h2-4,8-9H,1,5-7H2. The molecule has 0 spiro atoms. The van der Waals surface area contributed by atoms with Crippen LogP contribution in [-0.2, 0) is 0 Å². The Balaban J connectivity index is 1.98. The molecule has 2 heterocycles. The predicted molar refractivity (Wildman–Crippen MR) is 72.5 cm³/mol. The zero-order valence-electron chi connectivity index (χ0n) is 9.37. The molecule has 3 rings (SSSR count). The Hall–Kier alpha value is -1.07. The van der Waals surface area contributed by atoms with E-state index in [0.29, 0.717) is 6.04 Å². The first-order valence-corrected chi connectivity index (χ1v) is 7.49. The van der Waals surface area contributed by atoms with Gasteiger partial charge in [0.05, 0.1) is 4.88 Å². The average molecular weight is 263 g/mol. The summed E-state index contributed by atoms with van der Waals surface area (Å²) in [6, 6.07) is 4.77. The van der Waals surface area contributed by atoms with Crippen LogP contribution in [0.4, 0.5) is 0 Å². The van der Waals surface area contributed by atoms with Gasteiger partial charge in [0.15, 0.2) is 11.0 Å². The molecular weight excluding hydrogens is 250 g/mol. The Morgan fingerprint density at radius 3 is 3.06 bits per heavy atom. The van der Waals surface area contributed by atoms with E-state index in [1.54, 1.807) is 23.1 Å². The number of thioether (sulfide) groups is 1. The summed E-state index contributed by atoms with van der Waals surface area (Å²) in [6.07, 6.45) is 4.40. The lowest BCUT2D eigenvalue weighted by Crippen LogP contribution is -1.98. The van der Waals surface area contributed by atoms with E-state index in [0.717, 1.165) is 16.7 Å². The minimum atomic E-state index is 0.606. The highest BCUT2D eigenvalue weighted by Crippen LogP contribution is 2.41. The maximum absolute atomic E-state index is 4.34. The van der Waals surface area contributed by atoms with E-state index >= 15 is 0 Å². The van der Waals surface area contributed by atoms with Gasteiger partial charge in [0.1, 0.15) is 0 Å². The Morgan fingerprint density at radius 1 is 1.53 bits per heavy atom. The lowest BCUT2D eigenvalue weighted by molar-refractivity contribution is 0.670. The molecule has 0 saturated heterocycles. The van der Waals surface area contributed by atoms with Crippen LogP contribution in [-0.4, -0.2) is 20.5 Å². The number of aromatic nitrogens is 3. The van der Waals surface area contributed by atoms with E-state index < -0.39 is 0 Å². The van der Waals surface area contributed by atoms with Crippen LogP contribution in [0.15, 0.2) is 35.3 Å². The van der Waals surface area contributed by atoms with Crippen molar-refractivity contribution in [2.75, 3.05) is 5.75 Å². The van der Waals surface area contributed by atoms with Crippen molar-refractivity contribution in [3.63, 3.8) is 0 Å². The minimum Gasteiger partial charge on any atom is -0.298 e. The molecule has 0 atom stereocenters. The lowest BCUT2D eigenvalue weighted by Gasteiger charge is -2.06. The number of rotatable bonds is 5. The van der Waals surface area contributed by atoms with Crippen molar-refractivity contribution in [1.29, 1.82) is 0 Å². The van der Waals surface area contributed by atoms with Crippen LogP contribution in [0.25, 0.3) is 10.7 Å². The molecule has 1 aliphatic rings. The molecular formula is C12H13N3S2. The second kappa shape index (κ2) is 4.66. The van der Waals surface area contributed by atoms with Crippen molar-refractivity contribution in [2.24, 2.45) is 0 Å². The van der Waals surface area contributed by atoms with Crippen molar-refractivity contribution >= 4 is 23.1 Å². The molecule has 0 radical (unpaired) electrons. The third-order valence-corrected chi connectivity index (χ3v) is 4.45. The molecule has 2 aromatic heterocycles. The molecule has 88 valence electrons. The molecule has 2 aromatic rings. The SMILES string of the molecule is C=CCSc1nnc(-c2cccs2)n1C1CC1. The Kier molecular flexibility index (Phi) is 3.03. The summed E-state index contributed by atoms with van der Waals surface area (Å²) in [5.41, 5.74) is 0. The second-order valence-corrected chi connectivity index (χ2v) is 5.92. The highest BCUT2D eigenvalue weighted by atomic mass is 32.2. The van der Waals surface area contributed by atoms with Gasteiger partial charge in [0.25, 0.3) is 0 Å². The molecule has 0 amide bonds. The highest BCUT2D eigenvalue weighted by Gasteiger charge is 2.30. The molecule has 1 aliphatic carbocycles. The van der Waals surface area contributed by atoms with Gasteiger partial charge in [-0.15, -0.1) is 28.1 Å². The van der Waals surface area contributed by atoms with Crippen LogP contribution in [0.1, 0.15) is 18.9 Å². The first kappa shape index (κ1) is 11.0. The summed E-state index contributed by atoms with van der Waals surface area (Å²) in [7, 11) is 0. The van der Waals surface area contributed by atoms with Crippen molar-refractivity contribution in [3.8, 4) is 10.7 Å². The lowest BCUT2D eigenvalue weighted by atomic mass is 10.4. The summed E-state index contributed by atoms with van der Waals surface area (Å²) in [4.78, 5) is 1.20. The van der Waals surface area contributed by atoms with E-state index in [1.165, 1.54) is 17.7 Å². The van der Waals surface area contributed by atoms with Crippen molar-refractivity contribution in [3.05, 3.63) is 30.2 Å². The quantitative estimate of drug-likeness (QED) is 0.610. The van der Waals surface area contributed by atoms with Crippen LogP contribution in [0.3, 0.4) is 0 Å². The third-order valence-electron chi connectivity index (χ3n) is 2.65. The normalized spacial score (nSPS) is 15.1. The van der Waals surface area contributed by atoms with E-state index in [4.69, 9.17) is 0 Å². The van der Waals surface area contributed by atoms with Crippen molar-refractivity contribution < 1.29 is 0 Å². The summed E-state index contributed by atoms with van der Waals surface area (Å²) in [5, 5.41) is 11.8. The number of hydrogen-bond donors (Lipinski definition) is 0. The molecule has 0 aromatic carbocycles. The Labute approximate surface area is 109 Å². The molecule has 5 heteroatoms. The highest BCUT2D eigenvalue weighted by molar-refractivity contribution is 7.99. The second-order valence-electron chi connectivity index (χ2n) is 3.98. The van der Waals surface area contributed by atoms with E-state index in [2.05, 4.69) is 38.9 Å². The largest absolute Gasteiger partial charge is 0.298 e. The zero-order chi connectivity index (χ0) is 11.7. The van der Waals surface area contributed by atoms with E-state index in [1.807, 2.05) is 6.08 Å². The van der Waals surface area contributed by atoms with Crippen molar-refractivity contribution in [1.82, 2.24) is 14.8 Å². The number of hydrogen-bond acceptors (Lipinski definition) is 4. The fourth-order valence-corrected chi connectivity index (χ4v) is 3.19. The van der Waals surface area contributed by atoms with Gasteiger partial charge >= 0.3 is 0 Å². The summed E-state index contributed by atoms with van der Waals surface area (Å²) >= 11 is 3.43. The fraction of sp³-hybridized carbons (Fsp3) is 0.333. The van der Waals surface area contributed by atoms with Crippen LogP contribution in [0.2, 0.25) is 0 Å². The van der Waals surface area contributed by atoms with Gasteiger partial charge in [-0.3, -0.25) is 4.57 Å². The molecule has 0 aliphatic heterocycles. The maximum Gasteiger partial charge on any atom is 0.192 e. The average Bonchev–Trinajstić information content (AvgIpc) is 2.90. The summed E-state index contributed by atoms with van der Waals surface area (Å²) < 4.78 is 2.29. The molecule has 1 fully saturated rings. The molecule has 0 N–H and O–H groups in total. The minimum absolute atomic E-state index is 0.606. The third kappa shape index (κ3) is 2.17. The zero-order valence-corrected chi connectivity index (χ0v) is 11.0. The van der Waals surface area contributed by atoms with E-state index in [-0.39, 0.29) is 0 Å². The molecule has 17 heavy (non-hydrogen) atoms. The first-order chi connectivity index (χ1) is 8.40. The monoisotopic (exact) mass is 263 g/mol. The molecule has 1 saturated carbocycles. The smallest absolute Gasteiger partial charge is 0.192 e.